The van der Waals surface area contributed by atoms with E-state index in [1.54, 1.807) is 7.11 Å². The molecule has 2 N–H and O–H groups in total. The number of hydrogen-bond donors (Lipinski definition) is 2. The SMILES string of the molecule is COC(CNC(=NCc1nnc(C)n1C)NCCCSC)C(C)(C)C.I. The predicted octanol–water partition coefficient (Wildman–Crippen LogP) is 2.59. The standard InChI is InChI=1S/C17H34N6OS.HI/c1-13-21-22-15(23(13)5)12-20-16(18-9-8-10-25-7)19-11-14(24-6)17(2,3)4;/h14H,8-12H2,1-7H3,(H2,18,19,20);1H. The van der Waals surface area contributed by atoms with E-state index in [0.717, 1.165) is 36.3 Å². The topological polar surface area (TPSA) is 76.4 Å². The molecule has 0 spiro atoms. The summed E-state index contributed by atoms with van der Waals surface area (Å²) in [7, 11) is 3.71. The molecule has 0 radical (unpaired) electrons. The van der Waals surface area contributed by atoms with Gasteiger partial charge in [-0.25, -0.2) is 4.99 Å². The highest BCUT2D eigenvalue weighted by Gasteiger charge is 2.24. The van der Waals surface area contributed by atoms with Crippen LogP contribution < -0.4 is 10.6 Å². The van der Waals surface area contributed by atoms with Crippen LogP contribution in [0, 0.1) is 12.3 Å². The molecule has 1 heterocycles. The van der Waals surface area contributed by atoms with Crippen molar-refractivity contribution >= 4 is 41.7 Å². The molecule has 0 bridgehead atoms. The summed E-state index contributed by atoms with van der Waals surface area (Å²) in [6.07, 6.45) is 3.32. The summed E-state index contributed by atoms with van der Waals surface area (Å²) in [6.45, 7) is 10.5. The Balaban J connectivity index is 0.00000625. The highest BCUT2D eigenvalue weighted by Crippen LogP contribution is 2.20. The summed E-state index contributed by atoms with van der Waals surface area (Å²) >= 11 is 1.85. The van der Waals surface area contributed by atoms with Crippen molar-refractivity contribution < 1.29 is 4.74 Å². The highest BCUT2D eigenvalue weighted by atomic mass is 127. The normalized spacial score (nSPS) is 13.3. The Morgan fingerprint density at radius 2 is 2.00 bits per heavy atom. The largest absolute Gasteiger partial charge is 0.379 e. The molecule has 7 nitrogen and oxygen atoms in total. The van der Waals surface area contributed by atoms with Crippen molar-refractivity contribution in [3.8, 4) is 0 Å². The summed E-state index contributed by atoms with van der Waals surface area (Å²) in [5.41, 5.74) is 0.0619. The molecule has 9 heteroatoms. The van der Waals surface area contributed by atoms with Crippen LogP contribution in [0.4, 0.5) is 0 Å². The summed E-state index contributed by atoms with van der Waals surface area (Å²) in [4.78, 5) is 4.66. The van der Waals surface area contributed by atoms with Gasteiger partial charge in [-0.3, -0.25) is 0 Å². The minimum atomic E-state index is 0. The maximum absolute atomic E-state index is 5.62. The summed E-state index contributed by atoms with van der Waals surface area (Å²) in [6, 6.07) is 0. The molecule has 1 unspecified atom stereocenters. The fourth-order valence-electron chi connectivity index (χ4n) is 2.27. The van der Waals surface area contributed by atoms with E-state index in [0.29, 0.717) is 13.1 Å². The Morgan fingerprint density at radius 3 is 2.50 bits per heavy atom. The van der Waals surface area contributed by atoms with Crippen LogP contribution in [0.3, 0.4) is 0 Å². The minimum absolute atomic E-state index is 0. The second kappa shape index (κ2) is 12.8. The second-order valence-electron chi connectivity index (χ2n) is 7.13. The number of nitrogens with zero attached hydrogens (tertiary/aromatic N) is 4. The van der Waals surface area contributed by atoms with Crippen LogP contribution in [-0.4, -0.2) is 59.0 Å². The van der Waals surface area contributed by atoms with Crippen LogP contribution in [0.25, 0.3) is 0 Å². The van der Waals surface area contributed by atoms with Crippen molar-refractivity contribution in [1.29, 1.82) is 0 Å². The van der Waals surface area contributed by atoms with E-state index >= 15 is 0 Å². The number of nitrogens with one attached hydrogen (secondary N) is 2. The summed E-state index contributed by atoms with van der Waals surface area (Å²) in [5, 5.41) is 15.0. The zero-order valence-corrected chi connectivity index (χ0v) is 20.3. The first kappa shape index (κ1) is 25.4. The Bertz CT molecular complexity index is 544. The molecule has 1 aromatic heterocycles. The number of methoxy groups -OCH3 is 1. The molecule has 152 valence electrons. The highest BCUT2D eigenvalue weighted by molar-refractivity contribution is 14.0. The Labute approximate surface area is 179 Å². The van der Waals surface area contributed by atoms with Gasteiger partial charge in [-0.05, 0) is 30.8 Å². The zero-order chi connectivity index (χ0) is 18.9. The van der Waals surface area contributed by atoms with E-state index in [4.69, 9.17) is 4.74 Å². The molecule has 0 aromatic carbocycles. The third kappa shape index (κ3) is 8.90. The van der Waals surface area contributed by atoms with Crippen LogP contribution in [0.5, 0.6) is 0 Å². The second-order valence-corrected chi connectivity index (χ2v) is 8.12. The number of guanidine groups is 1. The van der Waals surface area contributed by atoms with Crippen LogP contribution in [-0.2, 0) is 18.3 Å². The van der Waals surface area contributed by atoms with Crippen molar-refractivity contribution in [1.82, 2.24) is 25.4 Å². The number of rotatable bonds is 9. The van der Waals surface area contributed by atoms with Crippen LogP contribution in [0.2, 0.25) is 0 Å². The third-order valence-electron chi connectivity index (χ3n) is 4.08. The number of aliphatic imine (C=N–C) groups is 1. The average Bonchev–Trinajstić information content (AvgIpc) is 2.86. The first-order valence-electron chi connectivity index (χ1n) is 8.68. The molecule has 0 saturated heterocycles. The lowest BCUT2D eigenvalue weighted by Crippen LogP contribution is -2.45. The summed E-state index contributed by atoms with van der Waals surface area (Å²) in [5.74, 6) is 3.65. The van der Waals surface area contributed by atoms with E-state index < -0.39 is 0 Å². The lowest BCUT2D eigenvalue weighted by Gasteiger charge is -2.30. The Hall–Kier alpha value is -0.550. The number of ether oxygens (including phenoxy) is 1. The Kier molecular flexibility index (Phi) is 12.5. The van der Waals surface area contributed by atoms with Gasteiger partial charge in [0.1, 0.15) is 12.4 Å². The van der Waals surface area contributed by atoms with E-state index in [2.05, 4.69) is 52.9 Å². The smallest absolute Gasteiger partial charge is 0.191 e. The molecular formula is C17H35IN6OS. The number of aryl methyl sites for hydroxylation is 1. The number of aromatic nitrogens is 3. The Morgan fingerprint density at radius 1 is 1.31 bits per heavy atom. The predicted molar refractivity (Wildman–Crippen MR) is 122 cm³/mol. The fraction of sp³-hybridized carbons (Fsp3) is 0.824. The molecule has 0 aliphatic rings. The molecule has 0 aliphatic heterocycles. The van der Waals surface area contributed by atoms with Crippen molar-refractivity contribution in [2.75, 3.05) is 32.2 Å². The van der Waals surface area contributed by atoms with Gasteiger partial charge < -0.3 is 19.9 Å². The molecule has 0 amide bonds. The van der Waals surface area contributed by atoms with E-state index in [9.17, 15) is 0 Å². The van der Waals surface area contributed by atoms with Crippen LogP contribution in [0.15, 0.2) is 4.99 Å². The van der Waals surface area contributed by atoms with E-state index in [1.807, 2.05) is 30.3 Å². The monoisotopic (exact) mass is 498 g/mol. The number of thioether (sulfide) groups is 1. The maximum Gasteiger partial charge on any atom is 0.191 e. The van der Waals surface area contributed by atoms with Crippen LogP contribution >= 0.6 is 35.7 Å². The van der Waals surface area contributed by atoms with Gasteiger partial charge >= 0.3 is 0 Å². The van der Waals surface area contributed by atoms with Gasteiger partial charge in [0, 0.05) is 27.2 Å². The van der Waals surface area contributed by atoms with E-state index in [1.165, 1.54) is 0 Å². The first-order chi connectivity index (χ1) is 11.8. The van der Waals surface area contributed by atoms with Gasteiger partial charge in [0.25, 0.3) is 0 Å². The molecule has 0 aliphatic carbocycles. The van der Waals surface area contributed by atoms with Gasteiger partial charge in [-0.15, -0.1) is 34.2 Å². The number of hydrogen-bond acceptors (Lipinski definition) is 5. The zero-order valence-electron chi connectivity index (χ0n) is 17.1. The van der Waals surface area contributed by atoms with Crippen molar-refractivity contribution in [3.05, 3.63) is 11.6 Å². The minimum Gasteiger partial charge on any atom is -0.379 e. The lowest BCUT2D eigenvalue weighted by molar-refractivity contribution is 0.0205. The molecule has 1 rings (SSSR count). The average molecular weight is 498 g/mol. The van der Waals surface area contributed by atoms with Crippen molar-refractivity contribution in [2.24, 2.45) is 17.5 Å². The molecule has 0 fully saturated rings. The number of halogens is 1. The maximum atomic E-state index is 5.62. The van der Waals surface area contributed by atoms with Gasteiger partial charge in [0.05, 0.1) is 6.10 Å². The van der Waals surface area contributed by atoms with E-state index in [-0.39, 0.29) is 35.5 Å². The quantitative estimate of drug-likeness (QED) is 0.236. The van der Waals surface area contributed by atoms with Crippen LogP contribution in [0.1, 0.15) is 38.8 Å². The molecule has 1 atom stereocenters. The van der Waals surface area contributed by atoms with Gasteiger partial charge in [0.15, 0.2) is 11.8 Å². The fourth-order valence-corrected chi connectivity index (χ4v) is 2.70. The summed E-state index contributed by atoms with van der Waals surface area (Å²) < 4.78 is 7.58. The molecule has 1 aromatic rings. The van der Waals surface area contributed by atoms with Gasteiger partial charge in [-0.2, -0.15) is 11.8 Å². The van der Waals surface area contributed by atoms with Crippen molar-refractivity contribution in [3.63, 3.8) is 0 Å². The van der Waals surface area contributed by atoms with Gasteiger partial charge in [-0.1, -0.05) is 20.8 Å². The molecular weight excluding hydrogens is 463 g/mol. The lowest BCUT2D eigenvalue weighted by atomic mass is 9.89. The van der Waals surface area contributed by atoms with Crippen molar-refractivity contribution in [2.45, 2.75) is 46.8 Å². The first-order valence-corrected chi connectivity index (χ1v) is 10.1. The molecule has 0 saturated carbocycles. The van der Waals surface area contributed by atoms with Gasteiger partial charge in [0.2, 0.25) is 0 Å². The molecule has 26 heavy (non-hydrogen) atoms. The third-order valence-corrected chi connectivity index (χ3v) is 4.78.